The van der Waals surface area contributed by atoms with Gasteiger partial charge in [-0.25, -0.2) is 0 Å². The van der Waals surface area contributed by atoms with Crippen LogP contribution >= 0.6 is 0 Å². The minimum atomic E-state index is -0.376. The van der Waals surface area contributed by atoms with Gasteiger partial charge in [-0.05, 0) is 38.0 Å². The first-order chi connectivity index (χ1) is 7.13. The van der Waals surface area contributed by atoms with Crippen molar-refractivity contribution < 1.29 is 9.90 Å². The molecule has 4 nitrogen and oxygen atoms in total. The van der Waals surface area contributed by atoms with Gasteiger partial charge in [-0.1, -0.05) is 6.92 Å². The van der Waals surface area contributed by atoms with Gasteiger partial charge in [0.25, 0.3) is 0 Å². The molecule has 1 rings (SSSR count). The average Bonchev–Trinajstić information content (AvgIpc) is 2.26. The van der Waals surface area contributed by atoms with E-state index in [9.17, 15) is 9.90 Å². The number of hydrogen-bond donors (Lipinski definition) is 3. The summed E-state index contributed by atoms with van der Waals surface area (Å²) in [6, 6.07) is -0.376. The van der Waals surface area contributed by atoms with Gasteiger partial charge in [0, 0.05) is 6.54 Å². The normalized spacial score (nSPS) is 28.5. The summed E-state index contributed by atoms with van der Waals surface area (Å²) >= 11 is 0. The SMILES string of the molecule is CC[C@@H](N)C(=O)NCC1CCC(O)CC1. The lowest BCUT2D eigenvalue weighted by Crippen LogP contribution is -2.42. The van der Waals surface area contributed by atoms with Crippen molar-refractivity contribution in [2.75, 3.05) is 6.54 Å². The van der Waals surface area contributed by atoms with Gasteiger partial charge in [-0.15, -0.1) is 0 Å². The minimum Gasteiger partial charge on any atom is -0.393 e. The van der Waals surface area contributed by atoms with Crippen molar-refractivity contribution in [3.05, 3.63) is 0 Å². The van der Waals surface area contributed by atoms with Gasteiger partial charge in [-0.2, -0.15) is 0 Å². The quantitative estimate of drug-likeness (QED) is 0.633. The summed E-state index contributed by atoms with van der Waals surface area (Å²) in [5, 5.41) is 12.2. The highest BCUT2D eigenvalue weighted by Gasteiger charge is 2.20. The Morgan fingerprint density at radius 2 is 2.07 bits per heavy atom. The molecule has 1 aliphatic rings. The van der Waals surface area contributed by atoms with Gasteiger partial charge in [0.1, 0.15) is 0 Å². The van der Waals surface area contributed by atoms with Crippen LogP contribution in [0.4, 0.5) is 0 Å². The van der Waals surface area contributed by atoms with Crippen LogP contribution in [0.5, 0.6) is 0 Å². The van der Waals surface area contributed by atoms with Gasteiger partial charge in [0.05, 0.1) is 12.1 Å². The van der Waals surface area contributed by atoms with E-state index < -0.39 is 0 Å². The monoisotopic (exact) mass is 214 g/mol. The molecule has 0 unspecified atom stereocenters. The van der Waals surface area contributed by atoms with Crippen LogP contribution in [0.2, 0.25) is 0 Å². The molecule has 1 fully saturated rings. The fourth-order valence-corrected chi connectivity index (χ4v) is 1.91. The van der Waals surface area contributed by atoms with E-state index in [2.05, 4.69) is 5.32 Å². The third-order valence-corrected chi connectivity index (χ3v) is 3.16. The van der Waals surface area contributed by atoms with Crippen LogP contribution < -0.4 is 11.1 Å². The molecule has 88 valence electrons. The van der Waals surface area contributed by atoms with Crippen molar-refractivity contribution in [3.63, 3.8) is 0 Å². The minimum absolute atomic E-state index is 0.0522. The molecule has 0 spiro atoms. The number of carbonyl (C=O) groups excluding carboxylic acids is 1. The summed E-state index contributed by atoms with van der Waals surface area (Å²) in [5.41, 5.74) is 5.60. The summed E-state index contributed by atoms with van der Waals surface area (Å²) in [4.78, 5) is 11.4. The Morgan fingerprint density at radius 1 is 1.47 bits per heavy atom. The van der Waals surface area contributed by atoms with Crippen molar-refractivity contribution in [1.29, 1.82) is 0 Å². The highest BCUT2D eigenvalue weighted by molar-refractivity contribution is 5.81. The van der Waals surface area contributed by atoms with E-state index >= 15 is 0 Å². The summed E-state index contributed by atoms with van der Waals surface area (Å²) in [6.07, 6.45) is 4.27. The Morgan fingerprint density at radius 3 is 2.60 bits per heavy atom. The number of aliphatic hydroxyl groups is 1. The second kappa shape index (κ2) is 6.08. The Kier molecular flexibility index (Phi) is 5.05. The highest BCUT2D eigenvalue weighted by Crippen LogP contribution is 2.23. The van der Waals surface area contributed by atoms with Crippen LogP contribution in [0, 0.1) is 5.92 Å². The lowest BCUT2D eigenvalue weighted by molar-refractivity contribution is -0.122. The first-order valence-corrected chi connectivity index (χ1v) is 5.84. The Bertz CT molecular complexity index is 201. The molecule has 4 N–H and O–H groups in total. The molecule has 1 saturated carbocycles. The molecule has 1 aliphatic carbocycles. The number of carbonyl (C=O) groups is 1. The van der Waals surface area contributed by atoms with Gasteiger partial charge < -0.3 is 16.2 Å². The molecule has 15 heavy (non-hydrogen) atoms. The molecule has 1 amide bonds. The highest BCUT2D eigenvalue weighted by atomic mass is 16.3. The van der Waals surface area contributed by atoms with E-state index in [0.29, 0.717) is 18.9 Å². The number of nitrogens with two attached hydrogens (primary N) is 1. The molecule has 0 saturated heterocycles. The molecule has 0 aromatic heterocycles. The Hall–Kier alpha value is -0.610. The predicted molar refractivity (Wildman–Crippen MR) is 59.2 cm³/mol. The van der Waals surface area contributed by atoms with Crippen LogP contribution in [0.3, 0.4) is 0 Å². The largest absolute Gasteiger partial charge is 0.393 e. The number of hydrogen-bond acceptors (Lipinski definition) is 3. The Balaban J connectivity index is 2.17. The number of aliphatic hydroxyl groups excluding tert-OH is 1. The summed E-state index contributed by atoms with van der Waals surface area (Å²) in [7, 11) is 0. The zero-order chi connectivity index (χ0) is 11.3. The van der Waals surface area contributed by atoms with E-state index in [1.165, 1.54) is 0 Å². The summed E-state index contributed by atoms with van der Waals surface area (Å²) < 4.78 is 0. The molecule has 1 atom stereocenters. The van der Waals surface area contributed by atoms with Gasteiger partial charge in [0.15, 0.2) is 0 Å². The van der Waals surface area contributed by atoms with Crippen LogP contribution in [0.15, 0.2) is 0 Å². The lowest BCUT2D eigenvalue weighted by Gasteiger charge is -2.25. The molecule has 0 bridgehead atoms. The smallest absolute Gasteiger partial charge is 0.236 e. The first kappa shape index (κ1) is 12.5. The van der Waals surface area contributed by atoms with Gasteiger partial charge in [-0.3, -0.25) is 4.79 Å². The fraction of sp³-hybridized carbons (Fsp3) is 0.909. The van der Waals surface area contributed by atoms with Gasteiger partial charge >= 0.3 is 0 Å². The van der Waals surface area contributed by atoms with E-state index in [1.54, 1.807) is 0 Å². The maximum absolute atomic E-state index is 11.4. The number of amides is 1. The lowest BCUT2D eigenvalue weighted by atomic mass is 9.87. The van der Waals surface area contributed by atoms with Crippen molar-refractivity contribution in [3.8, 4) is 0 Å². The molecule has 4 heteroatoms. The molecule has 0 heterocycles. The van der Waals surface area contributed by atoms with E-state index in [-0.39, 0.29) is 18.1 Å². The zero-order valence-corrected chi connectivity index (χ0v) is 9.41. The summed E-state index contributed by atoms with van der Waals surface area (Å²) in [6.45, 7) is 2.61. The standard InChI is InChI=1S/C11H22N2O2/c1-2-10(12)11(15)13-7-8-3-5-9(14)6-4-8/h8-10,14H,2-7,12H2,1H3,(H,13,15)/t8?,9?,10-/m1/s1. The molecular formula is C11H22N2O2. The fourth-order valence-electron chi connectivity index (χ4n) is 1.91. The topological polar surface area (TPSA) is 75.4 Å². The van der Waals surface area contributed by atoms with Crippen LogP contribution in [-0.4, -0.2) is 29.7 Å². The second-order valence-corrected chi connectivity index (χ2v) is 4.43. The van der Waals surface area contributed by atoms with Crippen LogP contribution in [-0.2, 0) is 4.79 Å². The molecule has 0 aliphatic heterocycles. The molecule has 0 radical (unpaired) electrons. The third kappa shape index (κ3) is 4.18. The van der Waals surface area contributed by atoms with Crippen molar-refractivity contribution in [1.82, 2.24) is 5.32 Å². The van der Waals surface area contributed by atoms with E-state index in [4.69, 9.17) is 5.73 Å². The number of nitrogens with one attached hydrogen (secondary N) is 1. The van der Waals surface area contributed by atoms with Crippen LogP contribution in [0.25, 0.3) is 0 Å². The first-order valence-electron chi connectivity index (χ1n) is 5.84. The molecule has 0 aromatic rings. The third-order valence-electron chi connectivity index (χ3n) is 3.16. The van der Waals surface area contributed by atoms with E-state index in [1.807, 2.05) is 6.92 Å². The number of rotatable bonds is 4. The van der Waals surface area contributed by atoms with Crippen molar-refractivity contribution in [2.45, 2.75) is 51.2 Å². The molecule has 0 aromatic carbocycles. The van der Waals surface area contributed by atoms with Crippen molar-refractivity contribution in [2.24, 2.45) is 11.7 Å². The maximum atomic E-state index is 11.4. The average molecular weight is 214 g/mol. The van der Waals surface area contributed by atoms with Gasteiger partial charge in [0.2, 0.25) is 5.91 Å². The Labute approximate surface area is 91.2 Å². The summed E-state index contributed by atoms with van der Waals surface area (Å²) in [5.74, 6) is 0.463. The molecular weight excluding hydrogens is 192 g/mol. The van der Waals surface area contributed by atoms with Crippen LogP contribution in [0.1, 0.15) is 39.0 Å². The van der Waals surface area contributed by atoms with Crippen molar-refractivity contribution >= 4 is 5.91 Å². The zero-order valence-electron chi connectivity index (χ0n) is 9.41. The van der Waals surface area contributed by atoms with E-state index in [0.717, 1.165) is 25.7 Å². The second-order valence-electron chi connectivity index (χ2n) is 4.43. The predicted octanol–water partition coefficient (Wildman–Crippen LogP) is 0.391. The maximum Gasteiger partial charge on any atom is 0.236 e.